The van der Waals surface area contributed by atoms with Crippen LogP contribution in [0.15, 0.2) is 66.7 Å². The van der Waals surface area contributed by atoms with Crippen molar-refractivity contribution in [2.75, 3.05) is 0 Å². The molecule has 94 valence electrons. The molecule has 0 fully saturated rings. The van der Waals surface area contributed by atoms with Crippen molar-refractivity contribution in [3.63, 3.8) is 0 Å². The van der Waals surface area contributed by atoms with Crippen LogP contribution in [0.5, 0.6) is 0 Å². The number of alkyl halides is 2. The molecule has 0 heterocycles. The summed E-state index contributed by atoms with van der Waals surface area (Å²) in [5.41, 5.74) is 1.88. The van der Waals surface area contributed by atoms with E-state index in [4.69, 9.17) is 0 Å². The molecule has 0 aliphatic heterocycles. The molecule has 0 aliphatic rings. The van der Waals surface area contributed by atoms with Crippen LogP contribution in [0.2, 0.25) is 0 Å². The molecule has 0 saturated heterocycles. The fourth-order valence-corrected chi connectivity index (χ4v) is 2.32. The maximum atomic E-state index is 13.2. The molecule has 0 atom stereocenters. The van der Waals surface area contributed by atoms with E-state index in [9.17, 15) is 8.78 Å². The van der Waals surface area contributed by atoms with E-state index in [1.807, 2.05) is 48.5 Å². The van der Waals surface area contributed by atoms with Crippen LogP contribution in [-0.4, -0.2) is 0 Å². The van der Waals surface area contributed by atoms with Crippen molar-refractivity contribution in [2.24, 2.45) is 0 Å². The first-order valence-electron chi connectivity index (χ1n) is 6.12. The molecule has 0 unspecified atom stereocenters. The quantitative estimate of drug-likeness (QED) is 0.571. The first-order chi connectivity index (χ1) is 9.25. The van der Waals surface area contributed by atoms with E-state index in [2.05, 4.69) is 0 Å². The predicted octanol–water partition coefficient (Wildman–Crippen LogP) is 5.44. The minimum absolute atomic E-state index is 0.0944. The lowest BCUT2D eigenvalue weighted by Gasteiger charge is -2.10. The van der Waals surface area contributed by atoms with Crippen molar-refractivity contribution >= 4 is 10.8 Å². The van der Waals surface area contributed by atoms with Gasteiger partial charge < -0.3 is 0 Å². The van der Waals surface area contributed by atoms with Gasteiger partial charge in [-0.25, -0.2) is 8.78 Å². The molecule has 3 aromatic carbocycles. The van der Waals surface area contributed by atoms with E-state index in [0.717, 1.165) is 16.5 Å². The Labute approximate surface area is 110 Å². The Hall–Kier alpha value is -2.22. The third kappa shape index (κ3) is 2.22. The fraction of sp³-hybridized carbons (Fsp3) is 0.0588. The molecule has 0 aromatic heterocycles. The van der Waals surface area contributed by atoms with E-state index in [1.165, 1.54) is 0 Å². The zero-order valence-electron chi connectivity index (χ0n) is 10.2. The van der Waals surface area contributed by atoms with Crippen molar-refractivity contribution in [3.8, 4) is 11.1 Å². The Kier molecular flexibility index (Phi) is 3.00. The lowest BCUT2D eigenvalue weighted by atomic mass is 9.97. The maximum absolute atomic E-state index is 13.2. The minimum Gasteiger partial charge on any atom is -0.205 e. The third-order valence-corrected chi connectivity index (χ3v) is 3.24. The van der Waals surface area contributed by atoms with Gasteiger partial charge in [0.2, 0.25) is 0 Å². The van der Waals surface area contributed by atoms with Crippen molar-refractivity contribution in [3.05, 3.63) is 72.3 Å². The molecule has 0 N–H and O–H groups in total. The first-order valence-corrected chi connectivity index (χ1v) is 6.12. The number of hydrogen-bond donors (Lipinski definition) is 0. The lowest BCUT2D eigenvalue weighted by Crippen LogP contribution is -1.89. The number of hydrogen-bond acceptors (Lipinski definition) is 0. The fourth-order valence-electron chi connectivity index (χ4n) is 2.32. The van der Waals surface area contributed by atoms with Gasteiger partial charge >= 0.3 is 0 Å². The van der Waals surface area contributed by atoms with E-state index in [0.29, 0.717) is 5.39 Å². The molecule has 19 heavy (non-hydrogen) atoms. The maximum Gasteiger partial charge on any atom is 0.264 e. The number of benzene rings is 3. The van der Waals surface area contributed by atoms with E-state index < -0.39 is 6.43 Å². The molecular formula is C17H12F2. The minimum atomic E-state index is -2.46. The molecule has 3 rings (SSSR count). The smallest absolute Gasteiger partial charge is 0.205 e. The summed E-state index contributed by atoms with van der Waals surface area (Å²) in [6.07, 6.45) is -2.46. The van der Waals surface area contributed by atoms with Crippen LogP contribution in [0.3, 0.4) is 0 Å². The molecule has 0 saturated carbocycles. The average molecular weight is 254 g/mol. The van der Waals surface area contributed by atoms with E-state index in [1.54, 1.807) is 18.2 Å². The van der Waals surface area contributed by atoms with Gasteiger partial charge in [0.05, 0.1) is 0 Å². The van der Waals surface area contributed by atoms with E-state index >= 15 is 0 Å². The summed E-state index contributed by atoms with van der Waals surface area (Å²) in [7, 11) is 0. The summed E-state index contributed by atoms with van der Waals surface area (Å²) in [5.74, 6) is 0. The molecular weight excluding hydrogens is 242 g/mol. The molecule has 0 spiro atoms. The summed E-state index contributed by atoms with van der Waals surface area (Å²) in [6.45, 7) is 0. The number of rotatable bonds is 2. The highest BCUT2D eigenvalue weighted by Gasteiger charge is 2.13. The Bertz CT molecular complexity index is 703. The summed E-state index contributed by atoms with van der Waals surface area (Å²) in [5, 5.41) is 1.47. The van der Waals surface area contributed by atoms with Crippen molar-refractivity contribution in [1.29, 1.82) is 0 Å². The standard InChI is InChI=1S/C17H12F2/c18-17(19)16-11-14(12-6-2-1-3-7-12)10-13-8-4-5-9-15(13)16/h1-11,17H. The topological polar surface area (TPSA) is 0 Å². The SMILES string of the molecule is FC(F)c1cc(-c2ccccc2)cc2ccccc12. The van der Waals surface area contributed by atoms with Gasteiger partial charge in [-0.05, 0) is 34.0 Å². The van der Waals surface area contributed by atoms with Crippen molar-refractivity contribution < 1.29 is 8.78 Å². The normalized spacial score (nSPS) is 11.1. The van der Waals surface area contributed by atoms with Gasteiger partial charge in [0.1, 0.15) is 0 Å². The second-order valence-corrected chi connectivity index (χ2v) is 4.45. The van der Waals surface area contributed by atoms with Crippen LogP contribution in [0.1, 0.15) is 12.0 Å². The van der Waals surface area contributed by atoms with Gasteiger partial charge in [-0.3, -0.25) is 0 Å². The Morgan fingerprint density at radius 3 is 2.11 bits per heavy atom. The highest BCUT2D eigenvalue weighted by Crippen LogP contribution is 2.33. The van der Waals surface area contributed by atoms with Gasteiger partial charge in [0.15, 0.2) is 0 Å². The first kappa shape index (κ1) is 11.8. The van der Waals surface area contributed by atoms with Gasteiger partial charge in [0, 0.05) is 5.56 Å². The van der Waals surface area contributed by atoms with Crippen LogP contribution in [0, 0.1) is 0 Å². The lowest BCUT2D eigenvalue weighted by molar-refractivity contribution is 0.153. The number of halogens is 2. The second-order valence-electron chi connectivity index (χ2n) is 4.45. The van der Waals surface area contributed by atoms with Crippen LogP contribution in [0.25, 0.3) is 21.9 Å². The summed E-state index contributed by atoms with van der Waals surface area (Å²) in [4.78, 5) is 0. The van der Waals surface area contributed by atoms with Crippen molar-refractivity contribution in [1.82, 2.24) is 0 Å². The molecule has 3 aromatic rings. The van der Waals surface area contributed by atoms with E-state index in [-0.39, 0.29) is 5.56 Å². The van der Waals surface area contributed by atoms with Crippen LogP contribution < -0.4 is 0 Å². The van der Waals surface area contributed by atoms with Crippen LogP contribution in [0.4, 0.5) is 8.78 Å². The summed E-state index contributed by atoms with van der Waals surface area (Å²) >= 11 is 0. The Balaban J connectivity index is 2.28. The van der Waals surface area contributed by atoms with Crippen LogP contribution >= 0.6 is 0 Å². The highest BCUT2D eigenvalue weighted by atomic mass is 19.3. The number of fused-ring (bicyclic) bond motifs is 1. The predicted molar refractivity (Wildman–Crippen MR) is 74.3 cm³/mol. The highest BCUT2D eigenvalue weighted by molar-refractivity contribution is 5.90. The average Bonchev–Trinajstić information content (AvgIpc) is 2.47. The zero-order chi connectivity index (χ0) is 13.2. The zero-order valence-corrected chi connectivity index (χ0v) is 10.2. The Morgan fingerprint density at radius 2 is 1.37 bits per heavy atom. The van der Waals surface area contributed by atoms with Gasteiger partial charge in [-0.15, -0.1) is 0 Å². The molecule has 0 aliphatic carbocycles. The third-order valence-electron chi connectivity index (χ3n) is 3.24. The summed E-state index contributed by atoms with van der Waals surface area (Å²) in [6, 6.07) is 20.4. The van der Waals surface area contributed by atoms with Gasteiger partial charge in [0.25, 0.3) is 6.43 Å². The van der Waals surface area contributed by atoms with Crippen molar-refractivity contribution in [2.45, 2.75) is 6.43 Å². The molecule has 0 amide bonds. The van der Waals surface area contributed by atoms with Crippen LogP contribution in [-0.2, 0) is 0 Å². The molecule has 0 radical (unpaired) electrons. The monoisotopic (exact) mass is 254 g/mol. The second kappa shape index (κ2) is 4.81. The molecule has 0 bridgehead atoms. The summed E-state index contributed by atoms with van der Waals surface area (Å²) < 4.78 is 26.4. The van der Waals surface area contributed by atoms with Gasteiger partial charge in [-0.1, -0.05) is 54.6 Å². The molecule has 0 nitrogen and oxygen atoms in total. The largest absolute Gasteiger partial charge is 0.264 e. The molecule has 2 heteroatoms. The van der Waals surface area contributed by atoms with Gasteiger partial charge in [-0.2, -0.15) is 0 Å². The Morgan fingerprint density at radius 1 is 0.684 bits per heavy atom.